The lowest BCUT2D eigenvalue weighted by Gasteiger charge is -2.17. The predicted octanol–water partition coefficient (Wildman–Crippen LogP) is -0.916. The molecule has 0 aromatic heterocycles. The van der Waals surface area contributed by atoms with Gasteiger partial charge in [-0.2, -0.15) is 0 Å². The third-order valence-electron chi connectivity index (χ3n) is 7.47. The van der Waals surface area contributed by atoms with Gasteiger partial charge in [-0.25, -0.2) is 0 Å². The summed E-state index contributed by atoms with van der Waals surface area (Å²) >= 11 is 3.99. The van der Waals surface area contributed by atoms with Gasteiger partial charge in [0.05, 0.1) is 158 Å². The second kappa shape index (κ2) is 45.3. The molecule has 2 amide bonds. The number of carbonyl (C=O) groups is 3. The van der Waals surface area contributed by atoms with E-state index in [1.54, 1.807) is 7.11 Å². The summed E-state index contributed by atoms with van der Waals surface area (Å²) < 4.78 is 67.4. The first-order valence-corrected chi connectivity index (χ1v) is 20.1. The van der Waals surface area contributed by atoms with Gasteiger partial charge >= 0.3 is 5.97 Å². The molecule has 5 N–H and O–H groups in total. The first-order chi connectivity index (χ1) is 28.0. The molecule has 0 spiro atoms. The number of aliphatic carboxylic acids is 1. The van der Waals surface area contributed by atoms with Gasteiger partial charge in [-0.15, -0.1) is 0 Å². The molecule has 0 aromatic carbocycles. The molecular formula is C36H72N4O16S. The highest BCUT2D eigenvalue weighted by Crippen LogP contribution is 2.02. The van der Waals surface area contributed by atoms with Crippen molar-refractivity contribution in [3.05, 3.63) is 0 Å². The first-order valence-electron chi connectivity index (χ1n) is 19.6. The van der Waals surface area contributed by atoms with E-state index < -0.39 is 18.1 Å². The Kier molecular flexibility index (Phi) is 43.9. The summed E-state index contributed by atoms with van der Waals surface area (Å²) in [6, 6.07) is -1.44. The zero-order valence-electron chi connectivity index (χ0n) is 34.2. The number of carboxylic acid groups (broad SMARTS) is 1. The van der Waals surface area contributed by atoms with Crippen LogP contribution >= 0.6 is 12.8 Å². The first kappa shape index (κ1) is 55.2. The molecule has 0 radical (unpaired) electrons. The van der Waals surface area contributed by atoms with Gasteiger partial charge in [0.15, 0.2) is 0 Å². The quantitative estimate of drug-likeness (QED) is 0.0322. The number of thiol groups is 1. The maximum Gasteiger partial charge on any atom is 0.322 e. The summed E-state index contributed by atoms with van der Waals surface area (Å²) in [7, 11) is 3.15. The summed E-state index contributed by atoms with van der Waals surface area (Å²) in [6.45, 7) is 11.4. The number of ether oxygens (including phenoxy) is 12. The van der Waals surface area contributed by atoms with Crippen molar-refractivity contribution in [2.75, 3.05) is 179 Å². The van der Waals surface area contributed by atoms with Crippen molar-refractivity contribution in [1.82, 2.24) is 20.7 Å². The molecule has 20 nitrogen and oxygen atoms in total. The lowest BCUT2D eigenvalue weighted by molar-refractivity contribution is -0.139. The molecule has 0 saturated heterocycles. The minimum Gasteiger partial charge on any atom is -0.480 e. The molecule has 2 atom stereocenters. The molecule has 57 heavy (non-hydrogen) atoms. The summed E-state index contributed by atoms with van der Waals surface area (Å²) in [5.74, 6) is -1.50. The number of methoxy groups -OCH3 is 1. The van der Waals surface area contributed by atoms with Gasteiger partial charge in [-0.3, -0.25) is 19.1 Å². The van der Waals surface area contributed by atoms with Crippen LogP contribution in [-0.4, -0.2) is 214 Å². The van der Waals surface area contributed by atoms with E-state index in [4.69, 9.17) is 61.9 Å². The third-order valence-corrected chi connectivity index (χ3v) is 7.78. The largest absolute Gasteiger partial charge is 0.480 e. The standard InChI is InChI=1S/C36H72N4O16S/c1-37-33(36(43)44)31-39-35(42)32(40-57)5-3-4-7-38-34(41)6-8-46-11-12-48-15-16-50-19-20-52-23-24-54-27-28-56-30-29-55-26-25-53-22-21-51-18-17-49-14-13-47-10-9-45-2/h32-33,37,40,57H,3-31H2,1-2H3,(H,38,41)(H,39,42)(H,43,44)/t32-,33-/m0/s1. The molecule has 0 unspecified atom stereocenters. The Labute approximate surface area is 344 Å². The number of nitrogens with one attached hydrogen (secondary N) is 4. The molecule has 0 heterocycles. The Balaban J connectivity index is 3.29. The Morgan fingerprint density at radius 2 is 0.860 bits per heavy atom. The molecular weight excluding hydrogens is 776 g/mol. The molecule has 0 saturated carbocycles. The Hall–Kier alpha value is -1.80. The van der Waals surface area contributed by atoms with Gasteiger partial charge in [0, 0.05) is 26.6 Å². The average molecular weight is 849 g/mol. The normalized spacial score (nSPS) is 12.5. The van der Waals surface area contributed by atoms with Crippen molar-refractivity contribution < 1.29 is 76.3 Å². The number of rotatable bonds is 47. The number of likely N-dealkylation sites (N-methyl/N-ethyl adjacent to an activating group) is 1. The summed E-state index contributed by atoms with van der Waals surface area (Å²) in [4.78, 5) is 35.3. The number of hydrogen-bond acceptors (Lipinski definition) is 18. The van der Waals surface area contributed by atoms with E-state index >= 15 is 0 Å². The van der Waals surface area contributed by atoms with Crippen LogP contribution in [0.5, 0.6) is 0 Å². The number of hydrogen-bond donors (Lipinski definition) is 6. The fourth-order valence-electron chi connectivity index (χ4n) is 4.29. The third kappa shape index (κ3) is 40.8. The monoisotopic (exact) mass is 848 g/mol. The minimum atomic E-state index is -1.05. The molecule has 0 fully saturated rings. The van der Waals surface area contributed by atoms with Crippen molar-refractivity contribution in [2.45, 2.75) is 37.8 Å². The van der Waals surface area contributed by atoms with Crippen LogP contribution in [0.2, 0.25) is 0 Å². The number of amides is 2. The van der Waals surface area contributed by atoms with Crippen LogP contribution in [0.25, 0.3) is 0 Å². The Bertz CT molecular complexity index is 905. The van der Waals surface area contributed by atoms with Crippen molar-refractivity contribution >= 4 is 30.6 Å². The lowest BCUT2D eigenvalue weighted by atomic mass is 10.1. The van der Waals surface area contributed by atoms with Crippen molar-refractivity contribution in [3.8, 4) is 0 Å². The highest BCUT2D eigenvalue weighted by Gasteiger charge is 2.20. The highest BCUT2D eigenvalue weighted by atomic mass is 32.1. The van der Waals surface area contributed by atoms with Crippen LogP contribution in [0, 0.1) is 0 Å². The van der Waals surface area contributed by atoms with Crippen LogP contribution in [0.3, 0.4) is 0 Å². The van der Waals surface area contributed by atoms with E-state index in [1.807, 2.05) is 0 Å². The lowest BCUT2D eigenvalue weighted by Crippen LogP contribution is -2.48. The number of carboxylic acids is 1. The molecule has 0 rings (SSSR count). The van der Waals surface area contributed by atoms with Crippen molar-refractivity contribution in [1.29, 1.82) is 0 Å². The van der Waals surface area contributed by atoms with Crippen LogP contribution in [0.1, 0.15) is 25.7 Å². The van der Waals surface area contributed by atoms with Gasteiger partial charge in [0.1, 0.15) is 6.04 Å². The van der Waals surface area contributed by atoms with E-state index in [9.17, 15) is 14.4 Å². The molecule has 0 aliphatic heterocycles. The maximum absolute atomic E-state index is 12.2. The highest BCUT2D eigenvalue weighted by molar-refractivity contribution is 7.78. The second-order valence-corrected chi connectivity index (χ2v) is 12.2. The molecule has 0 aliphatic rings. The van der Waals surface area contributed by atoms with Gasteiger partial charge in [0.2, 0.25) is 11.8 Å². The van der Waals surface area contributed by atoms with Gasteiger partial charge < -0.3 is 77.9 Å². The average Bonchev–Trinajstić information content (AvgIpc) is 3.20. The fraction of sp³-hybridized carbons (Fsp3) is 0.917. The molecule has 21 heteroatoms. The number of carbonyl (C=O) groups excluding carboxylic acids is 2. The smallest absolute Gasteiger partial charge is 0.322 e. The van der Waals surface area contributed by atoms with Crippen LogP contribution in [-0.2, 0) is 71.2 Å². The van der Waals surface area contributed by atoms with Crippen LogP contribution < -0.4 is 20.7 Å². The SMILES string of the molecule is CN[C@@H](CNC(=O)[C@H](CCCCNC(=O)CCOCCOCCOCCOCCOCCOCCOCCOCCOCCOCCOCCOC)NS)C(=O)O. The summed E-state index contributed by atoms with van der Waals surface area (Å²) in [6.07, 6.45) is 2.06. The van der Waals surface area contributed by atoms with Crippen LogP contribution in [0.15, 0.2) is 0 Å². The fourth-order valence-corrected chi connectivity index (χ4v) is 4.54. The van der Waals surface area contributed by atoms with Crippen molar-refractivity contribution in [2.24, 2.45) is 0 Å². The van der Waals surface area contributed by atoms with E-state index in [-0.39, 0.29) is 31.4 Å². The molecule has 338 valence electrons. The number of unbranched alkanes of at least 4 members (excludes halogenated alkanes) is 1. The molecule has 0 bridgehead atoms. The predicted molar refractivity (Wildman–Crippen MR) is 212 cm³/mol. The van der Waals surface area contributed by atoms with Gasteiger partial charge in [0.25, 0.3) is 0 Å². The van der Waals surface area contributed by atoms with E-state index in [0.717, 1.165) is 0 Å². The molecule has 0 aromatic rings. The van der Waals surface area contributed by atoms with Gasteiger partial charge in [-0.05, 0) is 26.3 Å². The molecule has 0 aliphatic carbocycles. The topological polar surface area (TPSA) is 230 Å². The van der Waals surface area contributed by atoms with Gasteiger partial charge in [-0.1, -0.05) is 12.8 Å². The van der Waals surface area contributed by atoms with E-state index in [0.29, 0.717) is 171 Å². The summed E-state index contributed by atoms with van der Waals surface area (Å²) in [5.41, 5.74) is 0. The second-order valence-electron chi connectivity index (χ2n) is 11.9. The summed E-state index contributed by atoms with van der Waals surface area (Å²) in [5, 5.41) is 17.1. The Morgan fingerprint density at radius 3 is 1.18 bits per heavy atom. The van der Waals surface area contributed by atoms with E-state index in [2.05, 4.69) is 33.5 Å². The zero-order valence-corrected chi connectivity index (χ0v) is 35.1. The van der Waals surface area contributed by atoms with E-state index in [1.165, 1.54) is 7.05 Å². The Morgan fingerprint density at radius 1 is 0.509 bits per heavy atom. The van der Waals surface area contributed by atoms with Crippen LogP contribution in [0.4, 0.5) is 0 Å². The zero-order chi connectivity index (χ0) is 41.7. The minimum absolute atomic E-state index is 0.0372. The van der Waals surface area contributed by atoms with Crippen molar-refractivity contribution in [3.63, 3.8) is 0 Å². The maximum atomic E-state index is 12.2.